The van der Waals surface area contributed by atoms with Gasteiger partial charge in [0.25, 0.3) is 5.91 Å². The summed E-state index contributed by atoms with van der Waals surface area (Å²) in [5, 5.41) is 2.42. The molecule has 2 aromatic carbocycles. The third-order valence-electron chi connectivity index (χ3n) is 4.50. The van der Waals surface area contributed by atoms with E-state index in [1.807, 2.05) is 4.90 Å². The van der Waals surface area contributed by atoms with Crippen LogP contribution >= 0.6 is 0 Å². The lowest BCUT2D eigenvalue weighted by molar-refractivity contribution is -0.137. The fourth-order valence-electron chi connectivity index (χ4n) is 3.07. The lowest BCUT2D eigenvalue weighted by Gasteiger charge is -2.36. The summed E-state index contributed by atoms with van der Waals surface area (Å²) in [5.41, 5.74) is 5.79. The Bertz CT molecular complexity index is 860. The summed E-state index contributed by atoms with van der Waals surface area (Å²) in [7, 11) is 0. The van der Waals surface area contributed by atoms with Gasteiger partial charge in [-0.1, -0.05) is 6.07 Å². The Morgan fingerprint density at radius 1 is 0.964 bits per heavy atom. The molecule has 6 nitrogen and oxygen atoms in total. The van der Waals surface area contributed by atoms with Crippen LogP contribution in [-0.4, -0.2) is 43.0 Å². The highest BCUT2D eigenvalue weighted by atomic mass is 19.4. The number of amides is 3. The Labute approximate surface area is 159 Å². The van der Waals surface area contributed by atoms with Gasteiger partial charge in [0.15, 0.2) is 0 Å². The van der Waals surface area contributed by atoms with Gasteiger partial charge < -0.3 is 20.9 Å². The average molecular weight is 392 g/mol. The summed E-state index contributed by atoms with van der Waals surface area (Å²) in [6.45, 7) is 1.68. The van der Waals surface area contributed by atoms with Crippen molar-refractivity contribution in [3.05, 3.63) is 59.7 Å². The Hall–Kier alpha value is -3.23. The number of primary amides is 1. The zero-order chi connectivity index (χ0) is 20.3. The molecule has 3 N–H and O–H groups in total. The first kappa shape index (κ1) is 19.5. The molecule has 0 aromatic heterocycles. The van der Waals surface area contributed by atoms with Crippen molar-refractivity contribution in [1.82, 2.24) is 4.90 Å². The predicted molar refractivity (Wildman–Crippen MR) is 99.2 cm³/mol. The quantitative estimate of drug-likeness (QED) is 0.842. The second kappa shape index (κ2) is 7.79. The number of hydrogen-bond donors (Lipinski definition) is 2. The van der Waals surface area contributed by atoms with E-state index < -0.39 is 17.8 Å². The molecule has 0 aliphatic carbocycles. The highest BCUT2D eigenvalue weighted by Gasteiger charge is 2.31. The second-order valence-electron chi connectivity index (χ2n) is 6.39. The number of urea groups is 1. The molecule has 3 rings (SSSR count). The van der Waals surface area contributed by atoms with Gasteiger partial charge in [-0.15, -0.1) is 0 Å². The van der Waals surface area contributed by atoms with Crippen molar-refractivity contribution in [2.24, 2.45) is 5.73 Å². The number of anilines is 2. The number of rotatable bonds is 3. The first-order valence-electron chi connectivity index (χ1n) is 8.62. The van der Waals surface area contributed by atoms with Crippen molar-refractivity contribution in [3.63, 3.8) is 0 Å². The minimum absolute atomic E-state index is 0.172. The third kappa shape index (κ3) is 4.54. The molecule has 0 atom stereocenters. The molecule has 0 spiro atoms. The van der Waals surface area contributed by atoms with Gasteiger partial charge in [-0.05, 0) is 42.5 Å². The van der Waals surface area contributed by atoms with E-state index in [2.05, 4.69) is 5.32 Å². The van der Waals surface area contributed by atoms with Crippen LogP contribution in [0.25, 0.3) is 0 Å². The first-order chi connectivity index (χ1) is 13.2. The monoisotopic (exact) mass is 392 g/mol. The SMILES string of the molecule is NC(=O)Nc1ccc(C(=O)N2CCN(c3cccc(C(F)(F)F)c3)CC2)cc1. The topological polar surface area (TPSA) is 78.7 Å². The molecular weight excluding hydrogens is 373 g/mol. The molecule has 3 amide bonds. The number of piperazine rings is 1. The molecule has 1 aliphatic heterocycles. The maximum Gasteiger partial charge on any atom is 0.416 e. The van der Waals surface area contributed by atoms with Crippen LogP contribution in [-0.2, 0) is 6.18 Å². The highest BCUT2D eigenvalue weighted by molar-refractivity contribution is 5.95. The minimum atomic E-state index is -4.39. The molecule has 1 aliphatic rings. The molecule has 0 radical (unpaired) electrons. The zero-order valence-electron chi connectivity index (χ0n) is 14.9. The number of carbonyl (C=O) groups is 2. The number of nitrogens with one attached hydrogen (secondary N) is 1. The van der Waals surface area contributed by atoms with Crippen molar-refractivity contribution in [2.45, 2.75) is 6.18 Å². The normalized spacial score (nSPS) is 14.7. The van der Waals surface area contributed by atoms with Crippen molar-refractivity contribution in [1.29, 1.82) is 0 Å². The van der Waals surface area contributed by atoms with E-state index in [1.165, 1.54) is 6.07 Å². The number of nitrogens with two attached hydrogens (primary N) is 1. The lowest BCUT2D eigenvalue weighted by atomic mass is 10.1. The van der Waals surface area contributed by atoms with Crippen LogP contribution in [0.2, 0.25) is 0 Å². The van der Waals surface area contributed by atoms with Gasteiger partial charge in [-0.3, -0.25) is 4.79 Å². The van der Waals surface area contributed by atoms with Crippen LogP contribution in [0.15, 0.2) is 48.5 Å². The Kier molecular flexibility index (Phi) is 5.43. The molecular formula is C19H19F3N4O2. The summed E-state index contributed by atoms with van der Waals surface area (Å²) >= 11 is 0. The number of benzene rings is 2. The van der Waals surface area contributed by atoms with Gasteiger partial charge in [0.2, 0.25) is 0 Å². The molecule has 148 valence electrons. The van der Waals surface area contributed by atoms with Crippen LogP contribution < -0.4 is 16.0 Å². The number of hydrogen-bond acceptors (Lipinski definition) is 3. The smallest absolute Gasteiger partial charge is 0.368 e. The van der Waals surface area contributed by atoms with Crippen molar-refractivity contribution in [2.75, 3.05) is 36.4 Å². The van der Waals surface area contributed by atoms with E-state index >= 15 is 0 Å². The maximum atomic E-state index is 12.9. The molecule has 1 fully saturated rings. The molecule has 9 heteroatoms. The van der Waals surface area contributed by atoms with E-state index in [9.17, 15) is 22.8 Å². The van der Waals surface area contributed by atoms with Crippen molar-refractivity contribution < 1.29 is 22.8 Å². The molecule has 2 aromatic rings. The van der Waals surface area contributed by atoms with Crippen LogP contribution in [0.5, 0.6) is 0 Å². The predicted octanol–water partition coefficient (Wildman–Crippen LogP) is 3.16. The maximum absolute atomic E-state index is 12.9. The Morgan fingerprint density at radius 2 is 1.61 bits per heavy atom. The summed E-state index contributed by atoms with van der Waals surface area (Å²) in [5.74, 6) is -0.172. The van der Waals surface area contributed by atoms with Crippen LogP contribution in [0.3, 0.4) is 0 Å². The largest absolute Gasteiger partial charge is 0.416 e. The number of alkyl halides is 3. The summed E-state index contributed by atoms with van der Waals surface area (Å²) < 4.78 is 38.7. The standard InChI is InChI=1S/C19H19F3N4O2/c20-19(21,22)14-2-1-3-16(12-14)25-8-10-26(11-9-25)17(27)13-4-6-15(7-5-13)24-18(23)28/h1-7,12H,8-11H2,(H3,23,24,28). The average Bonchev–Trinajstić information content (AvgIpc) is 2.67. The number of nitrogens with zero attached hydrogens (tertiary/aromatic N) is 2. The fourth-order valence-corrected chi connectivity index (χ4v) is 3.07. The van der Waals surface area contributed by atoms with Gasteiger partial charge in [0.05, 0.1) is 5.56 Å². The molecule has 0 unspecified atom stereocenters. The third-order valence-corrected chi connectivity index (χ3v) is 4.50. The summed E-state index contributed by atoms with van der Waals surface area (Å²) in [6, 6.07) is 10.8. The first-order valence-corrected chi connectivity index (χ1v) is 8.62. The lowest BCUT2D eigenvalue weighted by Crippen LogP contribution is -2.48. The van der Waals surface area contributed by atoms with E-state index in [4.69, 9.17) is 5.73 Å². The zero-order valence-corrected chi connectivity index (χ0v) is 14.9. The van der Waals surface area contributed by atoms with E-state index in [0.29, 0.717) is 43.1 Å². The molecule has 1 heterocycles. The van der Waals surface area contributed by atoms with Gasteiger partial charge in [-0.2, -0.15) is 13.2 Å². The Morgan fingerprint density at radius 3 is 2.18 bits per heavy atom. The summed E-state index contributed by atoms with van der Waals surface area (Å²) in [4.78, 5) is 26.9. The van der Waals surface area contributed by atoms with Crippen LogP contribution in [0, 0.1) is 0 Å². The molecule has 0 saturated carbocycles. The van der Waals surface area contributed by atoms with Gasteiger partial charge in [-0.25, -0.2) is 4.79 Å². The van der Waals surface area contributed by atoms with Gasteiger partial charge >= 0.3 is 12.2 Å². The highest BCUT2D eigenvalue weighted by Crippen LogP contribution is 2.32. The van der Waals surface area contributed by atoms with Crippen LogP contribution in [0.4, 0.5) is 29.3 Å². The second-order valence-corrected chi connectivity index (χ2v) is 6.39. The Balaban J connectivity index is 1.62. The fraction of sp³-hybridized carbons (Fsp3) is 0.263. The van der Waals surface area contributed by atoms with E-state index in [-0.39, 0.29) is 5.91 Å². The minimum Gasteiger partial charge on any atom is -0.368 e. The summed E-state index contributed by atoms with van der Waals surface area (Å²) in [6.07, 6.45) is -4.39. The molecule has 28 heavy (non-hydrogen) atoms. The van der Waals surface area contributed by atoms with Crippen molar-refractivity contribution >= 4 is 23.3 Å². The van der Waals surface area contributed by atoms with Crippen LogP contribution in [0.1, 0.15) is 15.9 Å². The number of carbonyl (C=O) groups excluding carboxylic acids is 2. The van der Waals surface area contributed by atoms with E-state index in [1.54, 1.807) is 35.2 Å². The molecule has 0 bridgehead atoms. The van der Waals surface area contributed by atoms with E-state index in [0.717, 1.165) is 12.1 Å². The van der Waals surface area contributed by atoms with Gasteiger partial charge in [0, 0.05) is 43.1 Å². The molecule has 1 saturated heterocycles. The van der Waals surface area contributed by atoms with Gasteiger partial charge in [0.1, 0.15) is 0 Å². The van der Waals surface area contributed by atoms with Crippen molar-refractivity contribution in [3.8, 4) is 0 Å². The number of halogens is 3.